The molecule has 1 heterocycles. The van der Waals surface area contributed by atoms with E-state index in [2.05, 4.69) is 5.32 Å². The second-order valence-electron chi connectivity index (χ2n) is 5.09. The molecule has 2 fully saturated rings. The highest BCUT2D eigenvalue weighted by atomic mass is 19.1. The maximum Gasteiger partial charge on any atom is 0.123 e. The van der Waals surface area contributed by atoms with Crippen LogP contribution in [0.25, 0.3) is 0 Å². The Morgan fingerprint density at radius 3 is 2.53 bits per heavy atom. The van der Waals surface area contributed by atoms with Crippen molar-refractivity contribution in [2.45, 2.75) is 31.3 Å². The molecule has 1 N–H and O–H groups in total. The van der Waals surface area contributed by atoms with E-state index in [0.717, 1.165) is 25.6 Å². The predicted octanol–water partition coefficient (Wildman–Crippen LogP) is 2.66. The van der Waals surface area contributed by atoms with Gasteiger partial charge < -0.3 is 10.1 Å². The minimum Gasteiger partial charge on any atom is -0.380 e. The van der Waals surface area contributed by atoms with Gasteiger partial charge in [0.15, 0.2) is 0 Å². The van der Waals surface area contributed by atoms with Crippen LogP contribution in [0, 0.1) is 11.7 Å². The van der Waals surface area contributed by atoms with Crippen LogP contribution in [0.4, 0.5) is 4.39 Å². The van der Waals surface area contributed by atoms with Crippen LogP contribution in [0.2, 0.25) is 0 Å². The first-order valence-corrected chi connectivity index (χ1v) is 6.42. The Hall–Kier alpha value is -0.930. The van der Waals surface area contributed by atoms with Crippen molar-refractivity contribution in [2.24, 2.45) is 5.92 Å². The van der Waals surface area contributed by atoms with E-state index < -0.39 is 0 Å². The van der Waals surface area contributed by atoms with Gasteiger partial charge in [0.05, 0.1) is 6.61 Å². The average Bonchev–Trinajstić information content (AvgIpc) is 3.05. The highest BCUT2D eigenvalue weighted by Crippen LogP contribution is 2.41. The minimum absolute atomic E-state index is 0.160. The summed E-state index contributed by atoms with van der Waals surface area (Å²) in [5.74, 6) is 0.563. The molecule has 17 heavy (non-hydrogen) atoms. The SMILES string of the molecule is Fc1ccc(C(NC2CCOC2)C2CC2)cc1. The highest BCUT2D eigenvalue weighted by Gasteiger charge is 2.34. The molecule has 2 atom stereocenters. The van der Waals surface area contributed by atoms with Crippen molar-refractivity contribution in [3.8, 4) is 0 Å². The van der Waals surface area contributed by atoms with Crippen LogP contribution in [0.5, 0.6) is 0 Å². The largest absolute Gasteiger partial charge is 0.380 e. The molecule has 1 aromatic carbocycles. The van der Waals surface area contributed by atoms with E-state index in [1.54, 1.807) is 12.1 Å². The number of benzene rings is 1. The fraction of sp³-hybridized carbons (Fsp3) is 0.571. The summed E-state index contributed by atoms with van der Waals surface area (Å²) in [7, 11) is 0. The number of rotatable bonds is 4. The molecular formula is C14H18FNO. The molecule has 2 unspecified atom stereocenters. The Morgan fingerprint density at radius 2 is 1.94 bits per heavy atom. The number of hydrogen-bond acceptors (Lipinski definition) is 2. The summed E-state index contributed by atoms with van der Waals surface area (Å²) >= 11 is 0. The van der Waals surface area contributed by atoms with Crippen LogP contribution in [0.3, 0.4) is 0 Å². The fourth-order valence-corrected chi connectivity index (χ4v) is 2.52. The summed E-state index contributed by atoms with van der Waals surface area (Å²) in [5, 5.41) is 3.67. The summed E-state index contributed by atoms with van der Waals surface area (Å²) in [6.45, 7) is 1.67. The molecule has 0 aromatic heterocycles. The number of hydrogen-bond donors (Lipinski definition) is 1. The van der Waals surface area contributed by atoms with E-state index in [-0.39, 0.29) is 5.82 Å². The summed E-state index contributed by atoms with van der Waals surface area (Å²) in [5.41, 5.74) is 1.21. The van der Waals surface area contributed by atoms with Gasteiger partial charge in [-0.05, 0) is 42.9 Å². The second kappa shape index (κ2) is 4.75. The molecule has 1 aliphatic carbocycles. The third-order valence-electron chi connectivity index (χ3n) is 3.67. The van der Waals surface area contributed by atoms with Gasteiger partial charge in [-0.15, -0.1) is 0 Å². The van der Waals surface area contributed by atoms with E-state index in [0.29, 0.717) is 12.1 Å². The second-order valence-corrected chi connectivity index (χ2v) is 5.09. The Labute approximate surface area is 101 Å². The summed E-state index contributed by atoms with van der Waals surface area (Å²) in [4.78, 5) is 0. The standard InChI is InChI=1S/C14H18FNO/c15-12-5-3-11(4-6-12)14(10-1-2-10)16-13-7-8-17-9-13/h3-6,10,13-14,16H,1-2,7-9H2. The Kier molecular flexibility index (Phi) is 3.12. The smallest absolute Gasteiger partial charge is 0.123 e. The van der Waals surface area contributed by atoms with Crippen LogP contribution < -0.4 is 5.32 Å². The van der Waals surface area contributed by atoms with Crippen molar-refractivity contribution in [1.82, 2.24) is 5.32 Å². The van der Waals surface area contributed by atoms with Gasteiger partial charge >= 0.3 is 0 Å². The van der Waals surface area contributed by atoms with E-state index >= 15 is 0 Å². The zero-order chi connectivity index (χ0) is 11.7. The molecule has 3 rings (SSSR count). The molecule has 0 bridgehead atoms. The molecule has 1 aromatic rings. The van der Waals surface area contributed by atoms with Crippen molar-refractivity contribution in [3.63, 3.8) is 0 Å². The van der Waals surface area contributed by atoms with Crippen molar-refractivity contribution in [1.29, 1.82) is 0 Å². The highest BCUT2D eigenvalue weighted by molar-refractivity contribution is 5.22. The van der Waals surface area contributed by atoms with Crippen LogP contribution in [0.15, 0.2) is 24.3 Å². The quantitative estimate of drug-likeness (QED) is 0.866. The molecular weight excluding hydrogens is 217 g/mol. The third-order valence-corrected chi connectivity index (χ3v) is 3.67. The number of halogens is 1. The van der Waals surface area contributed by atoms with E-state index in [1.807, 2.05) is 12.1 Å². The number of ether oxygens (including phenoxy) is 1. The Bertz CT molecular complexity index is 368. The zero-order valence-electron chi connectivity index (χ0n) is 9.86. The van der Waals surface area contributed by atoms with Gasteiger partial charge in [0.25, 0.3) is 0 Å². The summed E-state index contributed by atoms with van der Waals surface area (Å²) in [6, 6.07) is 7.75. The summed E-state index contributed by atoms with van der Waals surface area (Å²) in [6.07, 6.45) is 3.65. The van der Waals surface area contributed by atoms with Gasteiger partial charge in [-0.1, -0.05) is 12.1 Å². The monoisotopic (exact) mass is 235 g/mol. The minimum atomic E-state index is -0.160. The van der Waals surface area contributed by atoms with Gasteiger partial charge in [0.1, 0.15) is 5.82 Å². The molecule has 0 amide bonds. The van der Waals surface area contributed by atoms with Crippen LogP contribution in [-0.2, 0) is 4.74 Å². The molecule has 0 radical (unpaired) electrons. The first-order valence-electron chi connectivity index (χ1n) is 6.42. The van der Waals surface area contributed by atoms with Crippen molar-refractivity contribution in [3.05, 3.63) is 35.6 Å². The molecule has 0 spiro atoms. The molecule has 92 valence electrons. The van der Waals surface area contributed by atoms with Crippen molar-refractivity contribution < 1.29 is 9.13 Å². The lowest BCUT2D eigenvalue weighted by atomic mass is 10.0. The van der Waals surface area contributed by atoms with E-state index in [9.17, 15) is 4.39 Å². The third kappa shape index (κ3) is 2.67. The fourth-order valence-electron chi connectivity index (χ4n) is 2.52. The number of nitrogens with one attached hydrogen (secondary N) is 1. The lowest BCUT2D eigenvalue weighted by Gasteiger charge is -2.22. The molecule has 2 aliphatic rings. The normalized spacial score (nSPS) is 26.1. The Morgan fingerprint density at radius 1 is 1.18 bits per heavy atom. The summed E-state index contributed by atoms with van der Waals surface area (Å²) < 4.78 is 18.3. The van der Waals surface area contributed by atoms with Crippen molar-refractivity contribution in [2.75, 3.05) is 13.2 Å². The first kappa shape index (κ1) is 11.2. The van der Waals surface area contributed by atoms with Crippen LogP contribution >= 0.6 is 0 Å². The molecule has 1 saturated carbocycles. The van der Waals surface area contributed by atoms with Crippen molar-refractivity contribution >= 4 is 0 Å². The van der Waals surface area contributed by atoms with Crippen LogP contribution in [0.1, 0.15) is 30.9 Å². The van der Waals surface area contributed by atoms with Gasteiger partial charge in [-0.25, -0.2) is 4.39 Å². The topological polar surface area (TPSA) is 21.3 Å². The van der Waals surface area contributed by atoms with Crippen LogP contribution in [-0.4, -0.2) is 19.3 Å². The maximum atomic E-state index is 12.9. The lowest BCUT2D eigenvalue weighted by molar-refractivity contribution is 0.187. The molecule has 3 heteroatoms. The average molecular weight is 235 g/mol. The molecule has 1 saturated heterocycles. The van der Waals surface area contributed by atoms with E-state index in [1.165, 1.54) is 18.4 Å². The first-order chi connectivity index (χ1) is 8.33. The molecule has 1 aliphatic heterocycles. The predicted molar refractivity (Wildman–Crippen MR) is 64.2 cm³/mol. The van der Waals surface area contributed by atoms with Gasteiger partial charge in [-0.3, -0.25) is 0 Å². The Balaban J connectivity index is 1.72. The zero-order valence-corrected chi connectivity index (χ0v) is 9.86. The van der Waals surface area contributed by atoms with Gasteiger partial charge in [-0.2, -0.15) is 0 Å². The van der Waals surface area contributed by atoms with Gasteiger partial charge in [0, 0.05) is 18.7 Å². The molecule has 2 nitrogen and oxygen atoms in total. The maximum absolute atomic E-state index is 12.9. The van der Waals surface area contributed by atoms with E-state index in [4.69, 9.17) is 4.74 Å². The lowest BCUT2D eigenvalue weighted by Crippen LogP contribution is -2.34. The van der Waals surface area contributed by atoms with Gasteiger partial charge in [0.2, 0.25) is 0 Å².